The summed E-state index contributed by atoms with van der Waals surface area (Å²) in [6.45, 7) is 0.812. The number of amides is 1. The molecule has 0 saturated carbocycles. The van der Waals surface area contributed by atoms with Crippen LogP contribution in [0.5, 0.6) is 0 Å². The molecule has 32 heavy (non-hydrogen) atoms. The van der Waals surface area contributed by atoms with Gasteiger partial charge in [-0.15, -0.1) is 0 Å². The summed E-state index contributed by atoms with van der Waals surface area (Å²) in [7, 11) is 0. The Morgan fingerprint density at radius 1 is 1.03 bits per heavy atom. The van der Waals surface area contributed by atoms with Crippen LogP contribution >= 0.6 is 23.2 Å². The molecule has 5 rings (SSSR count). The van der Waals surface area contributed by atoms with E-state index in [2.05, 4.69) is 20.2 Å². The molecule has 0 unspecified atom stereocenters. The van der Waals surface area contributed by atoms with Crippen molar-refractivity contribution < 1.29 is 4.79 Å². The van der Waals surface area contributed by atoms with Crippen molar-refractivity contribution in [2.24, 2.45) is 0 Å². The average molecular weight is 466 g/mol. The summed E-state index contributed by atoms with van der Waals surface area (Å²) in [5.74, 6) is 0.00697. The van der Waals surface area contributed by atoms with Gasteiger partial charge in [-0.1, -0.05) is 35.3 Å². The minimum absolute atomic E-state index is 0.000959. The first kappa shape index (κ1) is 20.5. The molecule has 2 aromatic carbocycles. The summed E-state index contributed by atoms with van der Waals surface area (Å²) in [5, 5.41) is 8.70. The molecule has 0 aliphatic carbocycles. The van der Waals surface area contributed by atoms with Crippen LogP contribution in [0.3, 0.4) is 0 Å². The van der Waals surface area contributed by atoms with Gasteiger partial charge in [-0.05, 0) is 36.4 Å². The van der Waals surface area contributed by atoms with E-state index in [1.165, 1.54) is 6.20 Å². The van der Waals surface area contributed by atoms with Crippen molar-refractivity contribution in [1.29, 1.82) is 0 Å². The van der Waals surface area contributed by atoms with Gasteiger partial charge < -0.3 is 9.88 Å². The van der Waals surface area contributed by atoms with Gasteiger partial charge in [0, 0.05) is 58.1 Å². The van der Waals surface area contributed by atoms with Crippen molar-refractivity contribution in [2.75, 3.05) is 6.54 Å². The second kappa shape index (κ2) is 8.26. The first-order valence-electron chi connectivity index (χ1n) is 9.96. The van der Waals surface area contributed by atoms with E-state index in [1.807, 2.05) is 18.2 Å². The fraction of sp³-hybridized carbons (Fsp3) is 0.130. The fourth-order valence-electron chi connectivity index (χ4n) is 3.81. The van der Waals surface area contributed by atoms with E-state index in [-0.39, 0.29) is 11.5 Å². The van der Waals surface area contributed by atoms with Crippen LogP contribution in [0.15, 0.2) is 59.5 Å². The van der Waals surface area contributed by atoms with Crippen LogP contribution in [0.1, 0.15) is 21.6 Å². The topological polar surface area (TPSA) is 94.7 Å². The quantitative estimate of drug-likeness (QED) is 0.470. The number of carbonyl (C=O) groups is 1. The molecular formula is C23H17Cl2N5O2. The molecule has 0 fully saturated rings. The zero-order chi connectivity index (χ0) is 22.2. The van der Waals surface area contributed by atoms with Crippen molar-refractivity contribution in [3.63, 3.8) is 0 Å². The summed E-state index contributed by atoms with van der Waals surface area (Å²) < 4.78 is 0. The van der Waals surface area contributed by atoms with E-state index >= 15 is 0 Å². The lowest BCUT2D eigenvalue weighted by molar-refractivity contribution is 0.0732. The maximum atomic E-state index is 13.1. The van der Waals surface area contributed by atoms with Crippen LogP contribution in [0.2, 0.25) is 10.0 Å². The molecule has 160 valence electrons. The number of rotatable bonds is 3. The van der Waals surface area contributed by atoms with Crippen molar-refractivity contribution in [2.45, 2.75) is 13.0 Å². The molecule has 0 atom stereocenters. The largest absolute Gasteiger partial charge is 0.334 e. The molecule has 2 aromatic heterocycles. The Bertz CT molecular complexity index is 1380. The third kappa shape index (κ3) is 3.81. The molecule has 0 saturated heterocycles. The molecule has 3 heterocycles. The van der Waals surface area contributed by atoms with E-state index in [0.29, 0.717) is 40.9 Å². The highest BCUT2D eigenvalue weighted by atomic mass is 35.5. The molecule has 2 N–H and O–H groups in total. The van der Waals surface area contributed by atoms with Crippen molar-refractivity contribution in [3.8, 4) is 22.6 Å². The lowest BCUT2D eigenvalue weighted by Gasteiger charge is -2.27. The van der Waals surface area contributed by atoms with Gasteiger partial charge in [-0.25, -0.2) is 4.98 Å². The van der Waals surface area contributed by atoms with Crippen LogP contribution in [0.25, 0.3) is 22.6 Å². The summed E-state index contributed by atoms with van der Waals surface area (Å²) in [6, 6.07) is 14.4. The van der Waals surface area contributed by atoms with E-state index in [4.69, 9.17) is 23.2 Å². The monoisotopic (exact) mass is 465 g/mol. The van der Waals surface area contributed by atoms with E-state index in [0.717, 1.165) is 22.5 Å². The number of halogens is 2. The number of H-pyrrole nitrogens is 2. The molecule has 1 aliphatic heterocycles. The number of hydrogen-bond donors (Lipinski definition) is 2. The van der Waals surface area contributed by atoms with Gasteiger partial charge in [0.05, 0.1) is 5.69 Å². The Labute approximate surface area is 193 Å². The van der Waals surface area contributed by atoms with Crippen LogP contribution in [-0.4, -0.2) is 37.5 Å². The van der Waals surface area contributed by atoms with E-state index < -0.39 is 5.56 Å². The zero-order valence-corrected chi connectivity index (χ0v) is 18.2. The average Bonchev–Trinajstić information content (AvgIpc) is 3.22. The Morgan fingerprint density at radius 2 is 1.84 bits per heavy atom. The van der Waals surface area contributed by atoms with Crippen molar-refractivity contribution in [3.05, 3.63) is 91.9 Å². The summed E-state index contributed by atoms with van der Waals surface area (Å²) in [4.78, 5) is 34.4. The number of nitrogens with zero attached hydrogens (tertiary/aromatic N) is 3. The molecule has 0 bridgehead atoms. The predicted molar refractivity (Wildman–Crippen MR) is 123 cm³/mol. The number of carbonyl (C=O) groups excluding carboxylic acids is 1. The second-order valence-electron chi connectivity index (χ2n) is 7.50. The Morgan fingerprint density at radius 3 is 2.59 bits per heavy atom. The van der Waals surface area contributed by atoms with E-state index in [9.17, 15) is 9.59 Å². The lowest BCUT2D eigenvalue weighted by Crippen LogP contribution is -2.38. The summed E-state index contributed by atoms with van der Waals surface area (Å²) in [5.41, 5.74) is 3.75. The predicted octanol–water partition coefficient (Wildman–Crippen LogP) is 4.33. The fourth-order valence-corrected chi connectivity index (χ4v) is 4.13. The molecule has 7 nitrogen and oxygen atoms in total. The number of hydrogen-bond acceptors (Lipinski definition) is 4. The van der Waals surface area contributed by atoms with Crippen LogP contribution in [0, 0.1) is 0 Å². The van der Waals surface area contributed by atoms with Gasteiger partial charge in [-0.2, -0.15) is 5.10 Å². The number of aromatic nitrogens is 4. The number of benzene rings is 2. The molecule has 0 radical (unpaired) electrons. The third-order valence-electron chi connectivity index (χ3n) is 5.47. The number of nitrogens with one attached hydrogen (secondary N) is 2. The first-order valence-corrected chi connectivity index (χ1v) is 10.7. The molecule has 1 amide bonds. The lowest BCUT2D eigenvalue weighted by atomic mass is 10.0. The van der Waals surface area contributed by atoms with Gasteiger partial charge in [0.1, 0.15) is 11.4 Å². The molecular weight excluding hydrogens is 449 g/mol. The van der Waals surface area contributed by atoms with Gasteiger partial charge in [0.15, 0.2) is 0 Å². The van der Waals surface area contributed by atoms with Gasteiger partial charge in [-0.3, -0.25) is 14.7 Å². The molecule has 1 aliphatic rings. The van der Waals surface area contributed by atoms with E-state index in [1.54, 1.807) is 35.2 Å². The SMILES string of the molecule is O=C(c1cnc(-c2ccc(Cl)cc2)[nH]c1=O)N1CCc2[nH]nc(-c3cccc(Cl)c3)c2C1. The first-order chi connectivity index (χ1) is 15.5. The van der Waals surface area contributed by atoms with Crippen LogP contribution < -0.4 is 5.56 Å². The minimum Gasteiger partial charge on any atom is -0.334 e. The normalized spacial score (nSPS) is 13.1. The molecule has 0 spiro atoms. The summed E-state index contributed by atoms with van der Waals surface area (Å²) >= 11 is 12.0. The standard InChI is InChI=1S/C23H17Cl2N5O2/c24-15-6-4-13(5-7-15)21-26-11-17(22(31)27-21)23(32)30-9-8-19-18(12-30)20(29-28-19)14-2-1-3-16(25)10-14/h1-7,10-11H,8-9,12H2,(H,28,29)(H,26,27,31). The molecule has 9 heteroatoms. The number of aromatic amines is 2. The zero-order valence-electron chi connectivity index (χ0n) is 16.7. The minimum atomic E-state index is -0.483. The van der Waals surface area contributed by atoms with Gasteiger partial charge in [0.25, 0.3) is 11.5 Å². The molecule has 4 aromatic rings. The van der Waals surface area contributed by atoms with Gasteiger partial charge >= 0.3 is 0 Å². The smallest absolute Gasteiger partial charge is 0.264 e. The number of fused-ring (bicyclic) bond motifs is 1. The maximum Gasteiger partial charge on any atom is 0.264 e. The summed E-state index contributed by atoms with van der Waals surface area (Å²) in [6.07, 6.45) is 1.94. The highest BCUT2D eigenvalue weighted by Gasteiger charge is 2.28. The van der Waals surface area contributed by atoms with Gasteiger partial charge in [0.2, 0.25) is 0 Å². The highest BCUT2D eigenvalue weighted by molar-refractivity contribution is 6.31. The second-order valence-corrected chi connectivity index (χ2v) is 8.37. The van der Waals surface area contributed by atoms with Crippen LogP contribution in [0.4, 0.5) is 0 Å². The maximum absolute atomic E-state index is 13.1. The Kier molecular flexibility index (Phi) is 5.28. The van der Waals surface area contributed by atoms with Crippen molar-refractivity contribution in [1.82, 2.24) is 25.1 Å². The van der Waals surface area contributed by atoms with Crippen LogP contribution in [-0.2, 0) is 13.0 Å². The Hall–Kier alpha value is -3.42. The van der Waals surface area contributed by atoms with Crippen molar-refractivity contribution >= 4 is 29.1 Å². The highest BCUT2D eigenvalue weighted by Crippen LogP contribution is 2.30. The third-order valence-corrected chi connectivity index (χ3v) is 5.95. The Balaban J connectivity index is 1.41.